The average Bonchev–Trinajstić information content (AvgIpc) is 3.65. The number of fused-ring (bicyclic) bond motifs is 7. The van der Waals surface area contributed by atoms with Crippen LogP contribution in [0.3, 0.4) is 0 Å². The minimum absolute atomic E-state index is 0.0164. The molecule has 0 radical (unpaired) electrons. The van der Waals surface area contributed by atoms with Gasteiger partial charge < -0.3 is 20.0 Å². The van der Waals surface area contributed by atoms with Crippen molar-refractivity contribution in [2.24, 2.45) is 4.99 Å². The van der Waals surface area contributed by atoms with Gasteiger partial charge in [-0.1, -0.05) is 152 Å². The van der Waals surface area contributed by atoms with Gasteiger partial charge in [0, 0.05) is 47.7 Å². The Morgan fingerprint density at radius 3 is 2.12 bits per heavy atom. The monoisotopic (exact) mass is 830 g/mol. The third-order valence-electron chi connectivity index (χ3n) is 13.2. The molecule has 3 aliphatic heterocycles. The first-order valence-electron chi connectivity index (χ1n) is 22.5. The molecule has 8 aromatic carbocycles. The molecule has 64 heavy (non-hydrogen) atoms. The van der Waals surface area contributed by atoms with Crippen molar-refractivity contribution in [2.75, 3.05) is 28.3 Å². The first-order chi connectivity index (χ1) is 31.6. The fraction of sp³-hybridized carbons (Fsp3) is 0.155. The quantitative estimate of drug-likeness (QED) is 0.144. The Labute approximate surface area is 377 Å². The standard InChI is InChI=1S/C58H50N6/c1-3-62(2)50-29-14-10-20-41(50)34-33-40-19-18-25-46(39-40)63-51-30-15-11-26-47(51)54-48-27-12-16-31-52(48)64(55(54)49-28-13-17-32-53(49)63)45-37-35-44(36-38-45)58-60-56(42-21-6-4-7-22-42)59-57(61-58)43-23-8-5-9-24-43/h4-11,13-26,28-32,35-39,54-56,58,60H,3,33-34H2,1-2H3,(H,59,61). The van der Waals surface area contributed by atoms with Crippen LogP contribution < -0.4 is 25.3 Å². The maximum Gasteiger partial charge on any atom is 0.131 e. The molecule has 0 saturated carbocycles. The highest BCUT2D eigenvalue weighted by Gasteiger charge is 2.46. The van der Waals surface area contributed by atoms with Crippen molar-refractivity contribution in [1.82, 2.24) is 10.6 Å². The van der Waals surface area contributed by atoms with Gasteiger partial charge >= 0.3 is 0 Å². The fourth-order valence-electron chi connectivity index (χ4n) is 10.0. The van der Waals surface area contributed by atoms with Crippen LogP contribution in [0, 0.1) is 12.1 Å². The average molecular weight is 831 g/mol. The van der Waals surface area contributed by atoms with Gasteiger partial charge in [-0.3, -0.25) is 5.32 Å². The first-order valence-corrected chi connectivity index (χ1v) is 22.5. The van der Waals surface area contributed by atoms with E-state index in [1.165, 1.54) is 39.3 Å². The van der Waals surface area contributed by atoms with E-state index >= 15 is 0 Å². The van der Waals surface area contributed by atoms with Crippen LogP contribution in [0.15, 0.2) is 199 Å². The zero-order chi connectivity index (χ0) is 43.0. The lowest BCUT2D eigenvalue weighted by Crippen LogP contribution is -2.44. The van der Waals surface area contributed by atoms with Crippen molar-refractivity contribution < 1.29 is 0 Å². The Hall–Kier alpha value is -7.59. The highest BCUT2D eigenvalue weighted by Crippen LogP contribution is 2.60. The molecule has 11 rings (SSSR count). The van der Waals surface area contributed by atoms with Crippen molar-refractivity contribution in [1.29, 1.82) is 0 Å². The van der Waals surface area contributed by atoms with Gasteiger partial charge in [0.1, 0.15) is 18.2 Å². The van der Waals surface area contributed by atoms with Gasteiger partial charge in [-0.05, 0) is 108 Å². The van der Waals surface area contributed by atoms with Crippen molar-refractivity contribution in [3.05, 3.63) is 251 Å². The van der Waals surface area contributed by atoms with Crippen LogP contribution >= 0.6 is 0 Å². The molecule has 3 aliphatic rings. The topological polar surface area (TPSA) is 46.1 Å². The minimum atomic E-state index is -0.198. The van der Waals surface area contributed by atoms with Crippen molar-refractivity contribution >= 4 is 40.0 Å². The second-order valence-electron chi connectivity index (χ2n) is 17.0. The molecule has 2 N–H and O–H groups in total. The summed E-state index contributed by atoms with van der Waals surface area (Å²) in [6.07, 6.45) is 1.57. The summed E-state index contributed by atoms with van der Waals surface area (Å²) in [5.41, 5.74) is 16.9. The van der Waals surface area contributed by atoms with E-state index in [-0.39, 0.29) is 24.3 Å². The van der Waals surface area contributed by atoms with Gasteiger partial charge in [0.05, 0.1) is 23.1 Å². The van der Waals surface area contributed by atoms with Gasteiger partial charge in [-0.2, -0.15) is 0 Å². The second kappa shape index (κ2) is 16.9. The van der Waals surface area contributed by atoms with E-state index in [0.717, 1.165) is 64.5 Å². The predicted molar refractivity (Wildman–Crippen MR) is 262 cm³/mol. The van der Waals surface area contributed by atoms with E-state index in [9.17, 15) is 0 Å². The van der Waals surface area contributed by atoms with Gasteiger partial charge in [-0.15, -0.1) is 0 Å². The van der Waals surface area contributed by atoms with E-state index in [2.05, 4.69) is 233 Å². The Morgan fingerprint density at radius 2 is 1.33 bits per heavy atom. The summed E-state index contributed by atoms with van der Waals surface area (Å²) < 4.78 is 0. The van der Waals surface area contributed by atoms with Gasteiger partial charge in [0.25, 0.3) is 0 Å². The summed E-state index contributed by atoms with van der Waals surface area (Å²) in [4.78, 5) is 12.5. The zero-order valence-electron chi connectivity index (χ0n) is 36.2. The van der Waals surface area contributed by atoms with Crippen LogP contribution in [-0.2, 0) is 12.8 Å². The van der Waals surface area contributed by atoms with Crippen LogP contribution in [0.5, 0.6) is 0 Å². The molecule has 0 amide bonds. The molecule has 6 heteroatoms. The number of aliphatic imine (C=N–C) groups is 1. The zero-order valence-corrected chi connectivity index (χ0v) is 36.2. The molecule has 312 valence electrons. The van der Waals surface area contributed by atoms with Gasteiger partial charge in [0.15, 0.2) is 0 Å². The van der Waals surface area contributed by atoms with E-state index in [1.54, 1.807) is 0 Å². The second-order valence-corrected chi connectivity index (χ2v) is 17.0. The number of hydrogen-bond acceptors (Lipinski definition) is 6. The van der Waals surface area contributed by atoms with Crippen LogP contribution in [0.2, 0.25) is 0 Å². The first kappa shape index (κ1) is 39.3. The molecule has 0 saturated heterocycles. The van der Waals surface area contributed by atoms with Crippen molar-refractivity contribution in [3.8, 4) is 0 Å². The number of nitrogens with zero attached hydrogens (tertiary/aromatic N) is 4. The molecule has 0 fully saturated rings. The Bertz CT molecular complexity index is 2950. The van der Waals surface area contributed by atoms with Crippen LogP contribution in [0.4, 0.5) is 34.1 Å². The largest absolute Gasteiger partial charge is 0.375 e. The summed E-state index contributed by atoms with van der Waals surface area (Å²) in [7, 11) is 2.18. The Kier molecular flexibility index (Phi) is 10.4. The van der Waals surface area contributed by atoms with Crippen LogP contribution in [0.25, 0.3) is 0 Å². The van der Waals surface area contributed by atoms with E-state index < -0.39 is 0 Å². The minimum Gasteiger partial charge on any atom is -0.375 e. The van der Waals surface area contributed by atoms with Crippen LogP contribution in [-0.4, -0.2) is 19.4 Å². The lowest BCUT2D eigenvalue weighted by atomic mass is 9.85. The molecule has 0 aromatic heterocycles. The number of anilines is 6. The molecule has 3 heterocycles. The van der Waals surface area contributed by atoms with E-state index in [0.29, 0.717) is 0 Å². The third-order valence-corrected chi connectivity index (χ3v) is 13.2. The molecular formula is C58H50N6. The number of hydrogen-bond donors (Lipinski definition) is 2. The van der Waals surface area contributed by atoms with Crippen molar-refractivity contribution in [2.45, 2.75) is 44.1 Å². The maximum absolute atomic E-state index is 5.14. The summed E-state index contributed by atoms with van der Waals surface area (Å²) >= 11 is 0. The summed E-state index contributed by atoms with van der Waals surface area (Å²) in [5, 5.41) is 7.52. The fourth-order valence-corrected chi connectivity index (χ4v) is 10.0. The van der Waals surface area contributed by atoms with E-state index in [1.807, 2.05) is 12.1 Å². The number of rotatable bonds is 10. The number of nitrogens with one attached hydrogen (secondary N) is 2. The Balaban J connectivity index is 0.966. The lowest BCUT2D eigenvalue weighted by molar-refractivity contribution is 0.409. The predicted octanol–water partition coefficient (Wildman–Crippen LogP) is 12.7. The number of benzene rings is 7. The molecular weight excluding hydrogens is 781 g/mol. The third kappa shape index (κ3) is 7.14. The summed E-state index contributed by atoms with van der Waals surface area (Å²) in [6.45, 7) is 3.18. The molecule has 0 aliphatic carbocycles. The molecule has 8 aromatic rings. The highest BCUT2D eigenvalue weighted by atomic mass is 15.3. The van der Waals surface area contributed by atoms with Crippen LogP contribution in [0.1, 0.15) is 75.7 Å². The smallest absolute Gasteiger partial charge is 0.131 e. The number of amidine groups is 1. The summed E-state index contributed by atoms with van der Waals surface area (Å²) in [5.74, 6) is 0.891. The lowest BCUT2D eigenvalue weighted by Gasteiger charge is -2.33. The number of para-hydroxylation sites is 3. The molecule has 0 spiro atoms. The molecule has 4 atom stereocenters. The van der Waals surface area contributed by atoms with Crippen molar-refractivity contribution in [3.63, 3.8) is 0 Å². The summed E-state index contributed by atoms with van der Waals surface area (Å²) in [6, 6.07) is 77.1. The maximum atomic E-state index is 5.14. The SMILES string of the molecule is CCN(C)c1ccccc1CCc1cccc(N2c3ccccc3C3c4c#cccc4N(c4ccc(C5NC(c6ccccc6)=NC(c6ccccc6)N5)cc4)C3c3ccccc32)c1. The Morgan fingerprint density at radius 1 is 0.625 bits per heavy atom. The molecule has 0 bridgehead atoms. The van der Waals surface area contributed by atoms with Gasteiger partial charge in [0.2, 0.25) is 0 Å². The van der Waals surface area contributed by atoms with E-state index in [4.69, 9.17) is 4.99 Å². The van der Waals surface area contributed by atoms with Gasteiger partial charge in [-0.25, -0.2) is 4.99 Å². The molecule has 6 nitrogen and oxygen atoms in total. The highest BCUT2D eigenvalue weighted by molar-refractivity contribution is 5.99. The number of aryl methyl sites for hydroxylation is 2. The molecule has 4 unspecified atom stereocenters. The normalized spacial score (nSPS) is 18.3.